The number of nitrogens with one attached hydrogen (secondary N) is 1. The summed E-state index contributed by atoms with van der Waals surface area (Å²) in [5.41, 5.74) is 4.73. The quantitative estimate of drug-likeness (QED) is 0.695. The van der Waals surface area contributed by atoms with Gasteiger partial charge in [0.1, 0.15) is 11.3 Å². The van der Waals surface area contributed by atoms with Gasteiger partial charge in [0.2, 0.25) is 0 Å². The number of aromatic nitrogens is 4. The minimum Gasteiger partial charge on any atom is -0.360 e. The van der Waals surface area contributed by atoms with Crippen LogP contribution in [0.2, 0.25) is 0 Å². The van der Waals surface area contributed by atoms with Crippen molar-refractivity contribution in [1.29, 1.82) is 0 Å². The highest BCUT2D eigenvalue weighted by Gasteiger charge is 2.30. The molecule has 1 N–H and O–H groups in total. The lowest BCUT2D eigenvalue weighted by Crippen LogP contribution is -2.28. The van der Waals surface area contributed by atoms with Crippen LogP contribution < -0.4 is 5.32 Å². The van der Waals surface area contributed by atoms with Crippen LogP contribution in [-0.2, 0) is 13.0 Å². The van der Waals surface area contributed by atoms with E-state index in [1.54, 1.807) is 19.3 Å². The second kappa shape index (κ2) is 7.34. The molecule has 7 heteroatoms. The summed E-state index contributed by atoms with van der Waals surface area (Å²) in [4.78, 5) is 16.6. The SMILES string of the molecule is CCc1onc(C)c1C(=O)NCCn1ncc(-c2ccncc2)c1C1CC1. The third-order valence-electron chi connectivity index (χ3n) is 4.93. The number of hydrogen-bond donors (Lipinski definition) is 1. The number of hydrogen-bond acceptors (Lipinski definition) is 5. The van der Waals surface area contributed by atoms with Crippen LogP contribution in [0.5, 0.6) is 0 Å². The molecule has 1 saturated carbocycles. The van der Waals surface area contributed by atoms with Crippen molar-refractivity contribution >= 4 is 5.91 Å². The Morgan fingerprint density at radius 3 is 2.81 bits per heavy atom. The lowest BCUT2D eigenvalue weighted by Gasteiger charge is -2.10. The van der Waals surface area contributed by atoms with Gasteiger partial charge in [-0.2, -0.15) is 5.10 Å². The molecule has 1 amide bonds. The van der Waals surface area contributed by atoms with E-state index in [0.717, 1.165) is 11.1 Å². The molecule has 3 aromatic heterocycles. The maximum absolute atomic E-state index is 12.5. The number of aryl methyl sites for hydroxylation is 2. The van der Waals surface area contributed by atoms with Crippen LogP contribution >= 0.6 is 0 Å². The fraction of sp³-hybridized carbons (Fsp3) is 0.400. The maximum Gasteiger partial charge on any atom is 0.256 e. The Morgan fingerprint density at radius 2 is 2.11 bits per heavy atom. The smallest absolute Gasteiger partial charge is 0.256 e. The van der Waals surface area contributed by atoms with Gasteiger partial charge in [-0.15, -0.1) is 0 Å². The Bertz CT molecular complexity index is 941. The van der Waals surface area contributed by atoms with Gasteiger partial charge in [0.15, 0.2) is 0 Å². The molecule has 0 aliphatic heterocycles. The molecular weight excluding hydrogens is 342 g/mol. The summed E-state index contributed by atoms with van der Waals surface area (Å²) in [6.45, 7) is 4.87. The minimum atomic E-state index is -0.139. The summed E-state index contributed by atoms with van der Waals surface area (Å²) < 4.78 is 7.23. The zero-order valence-electron chi connectivity index (χ0n) is 15.6. The Hall–Kier alpha value is -2.96. The number of rotatable bonds is 7. The van der Waals surface area contributed by atoms with Gasteiger partial charge in [0, 0.05) is 42.5 Å². The van der Waals surface area contributed by atoms with Gasteiger partial charge in [-0.1, -0.05) is 12.1 Å². The van der Waals surface area contributed by atoms with Crippen molar-refractivity contribution in [2.24, 2.45) is 0 Å². The minimum absolute atomic E-state index is 0.139. The van der Waals surface area contributed by atoms with E-state index in [0.29, 0.717) is 42.4 Å². The van der Waals surface area contributed by atoms with E-state index in [-0.39, 0.29) is 5.91 Å². The Morgan fingerprint density at radius 1 is 1.33 bits per heavy atom. The van der Waals surface area contributed by atoms with E-state index in [4.69, 9.17) is 4.52 Å². The predicted molar refractivity (Wildman–Crippen MR) is 100 cm³/mol. The number of amides is 1. The largest absolute Gasteiger partial charge is 0.360 e. The highest BCUT2D eigenvalue weighted by molar-refractivity contribution is 5.96. The summed E-state index contributed by atoms with van der Waals surface area (Å²) in [6.07, 6.45) is 8.55. The van der Waals surface area contributed by atoms with Crippen molar-refractivity contribution in [3.8, 4) is 11.1 Å². The average molecular weight is 365 g/mol. The molecule has 1 fully saturated rings. The molecule has 27 heavy (non-hydrogen) atoms. The zero-order valence-corrected chi connectivity index (χ0v) is 15.6. The number of carbonyl (C=O) groups is 1. The molecule has 0 unspecified atom stereocenters. The predicted octanol–water partition coefficient (Wildman–Crippen LogP) is 3.11. The second-order valence-electron chi connectivity index (χ2n) is 6.85. The van der Waals surface area contributed by atoms with E-state index in [1.165, 1.54) is 18.5 Å². The lowest BCUT2D eigenvalue weighted by atomic mass is 10.1. The van der Waals surface area contributed by atoms with Crippen LogP contribution in [0.15, 0.2) is 35.2 Å². The van der Waals surface area contributed by atoms with E-state index in [1.807, 2.05) is 29.9 Å². The molecule has 0 aromatic carbocycles. The normalized spacial score (nSPS) is 13.7. The summed E-state index contributed by atoms with van der Waals surface area (Å²) >= 11 is 0. The van der Waals surface area contributed by atoms with E-state index in [2.05, 4.69) is 20.6 Å². The van der Waals surface area contributed by atoms with Crippen LogP contribution in [0.1, 0.15) is 53.2 Å². The van der Waals surface area contributed by atoms with Crippen molar-refractivity contribution in [1.82, 2.24) is 25.2 Å². The summed E-state index contributed by atoms with van der Waals surface area (Å²) in [5, 5.41) is 11.5. The van der Waals surface area contributed by atoms with Crippen molar-refractivity contribution in [2.45, 2.75) is 45.6 Å². The van der Waals surface area contributed by atoms with Gasteiger partial charge >= 0.3 is 0 Å². The summed E-state index contributed by atoms with van der Waals surface area (Å²) in [6, 6.07) is 4.02. The Balaban J connectivity index is 1.47. The molecule has 1 aliphatic carbocycles. The number of nitrogens with zero attached hydrogens (tertiary/aromatic N) is 4. The van der Waals surface area contributed by atoms with Gasteiger partial charge in [0.05, 0.1) is 18.4 Å². The van der Waals surface area contributed by atoms with Crippen LogP contribution in [0.4, 0.5) is 0 Å². The van der Waals surface area contributed by atoms with Gasteiger partial charge in [-0.25, -0.2) is 0 Å². The van der Waals surface area contributed by atoms with E-state index < -0.39 is 0 Å². The topological polar surface area (TPSA) is 85.8 Å². The fourth-order valence-electron chi connectivity index (χ4n) is 3.43. The molecule has 1 aliphatic rings. The molecule has 7 nitrogen and oxygen atoms in total. The average Bonchev–Trinajstić information content (AvgIpc) is 3.33. The first-order valence-electron chi connectivity index (χ1n) is 9.38. The number of carbonyl (C=O) groups excluding carboxylic acids is 1. The monoisotopic (exact) mass is 365 g/mol. The molecule has 0 atom stereocenters. The van der Waals surface area contributed by atoms with Crippen molar-refractivity contribution in [2.75, 3.05) is 6.54 Å². The number of pyridine rings is 1. The first-order chi connectivity index (χ1) is 13.2. The third kappa shape index (κ3) is 3.49. The molecule has 0 radical (unpaired) electrons. The van der Waals surface area contributed by atoms with E-state index in [9.17, 15) is 4.79 Å². The molecule has 140 valence electrons. The molecule has 0 bridgehead atoms. The van der Waals surface area contributed by atoms with E-state index >= 15 is 0 Å². The molecule has 0 saturated heterocycles. The summed E-state index contributed by atoms with van der Waals surface area (Å²) in [7, 11) is 0. The van der Waals surface area contributed by atoms with Gasteiger partial charge < -0.3 is 9.84 Å². The molecule has 4 rings (SSSR count). The Labute approximate surface area is 157 Å². The molecule has 0 spiro atoms. The second-order valence-corrected chi connectivity index (χ2v) is 6.85. The van der Waals surface area contributed by atoms with Crippen LogP contribution in [0.25, 0.3) is 11.1 Å². The van der Waals surface area contributed by atoms with Crippen molar-refractivity contribution in [3.63, 3.8) is 0 Å². The molecule has 3 heterocycles. The van der Waals surface area contributed by atoms with Gasteiger partial charge in [-0.05, 0) is 37.5 Å². The van der Waals surface area contributed by atoms with Crippen LogP contribution in [0.3, 0.4) is 0 Å². The zero-order chi connectivity index (χ0) is 18.8. The first-order valence-corrected chi connectivity index (χ1v) is 9.38. The third-order valence-corrected chi connectivity index (χ3v) is 4.93. The highest BCUT2D eigenvalue weighted by atomic mass is 16.5. The highest BCUT2D eigenvalue weighted by Crippen LogP contribution is 2.44. The van der Waals surface area contributed by atoms with Crippen molar-refractivity contribution < 1.29 is 9.32 Å². The maximum atomic E-state index is 12.5. The summed E-state index contributed by atoms with van der Waals surface area (Å²) in [5.74, 6) is 1.04. The fourth-order valence-corrected chi connectivity index (χ4v) is 3.43. The van der Waals surface area contributed by atoms with Gasteiger partial charge in [0.25, 0.3) is 5.91 Å². The standard InChI is InChI=1S/C20H23N5O2/c1-3-17-18(13(2)24-27-17)20(26)22-10-11-25-19(15-4-5-15)16(12-23-25)14-6-8-21-9-7-14/h6-9,12,15H,3-5,10-11H2,1-2H3,(H,22,26). The molecular formula is C20H23N5O2. The Kier molecular flexibility index (Phi) is 4.75. The first kappa shape index (κ1) is 17.5. The van der Waals surface area contributed by atoms with Crippen LogP contribution in [0, 0.1) is 6.92 Å². The lowest BCUT2D eigenvalue weighted by molar-refractivity contribution is 0.0949. The molecule has 3 aromatic rings. The van der Waals surface area contributed by atoms with Crippen LogP contribution in [-0.4, -0.2) is 32.4 Å². The van der Waals surface area contributed by atoms with Crippen molar-refractivity contribution in [3.05, 3.63) is 53.4 Å². The van der Waals surface area contributed by atoms with Gasteiger partial charge in [-0.3, -0.25) is 14.5 Å².